The summed E-state index contributed by atoms with van der Waals surface area (Å²) in [5.41, 5.74) is 1.00. The van der Waals surface area contributed by atoms with Gasteiger partial charge < -0.3 is 14.8 Å². The minimum atomic E-state index is -0.0829. The number of ether oxygens (including phenoxy) is 2. The first-order chi connectivity index (χ1) is 11.1. The van der Waals surface area contributed by atoms with Crippen molar-refractivity contribution in [2.75, 3.05) is 13.2 Å². The highest BCUT2D eigenvalue weighted by molar-refractivity contribution is 5.81. The van der Waals surface area contributed by atoms with E-state index in [4.69, 9.17) is 9.47 Å². The van der Waals surface area contributed by atoms with Crippen LogP contribution in [0.1, 0.15) is 38.4 Å². The summed E-state index contributed by atoms with van der Waals surface area (Å²) in [6.07, 6.45) is 4.79. The molecule has 0 bridgehead atoms. The van der Waals surface area contributed by atoms with Crippen LogP contribution in [-0.4, -0.2) is 52.4 Å². The van der Waals surface area contributed by atoms with Gasteiger partial charge in [0.05, 0.1) is 24.9 Å². The molecule has 4 unspecified atom stereocenters. The lowest BCUT2D eigenvalue weighted by Crippen LogP contribution is -2.44. The third-order valence-corrected chi connectivity index (χ3v) is 4.82. The molecular formula is C16H24N4O3. The summed E-state index contributed by atoms with van der Waals surface area (Å²) in [6, 6.07) is -0.00649. The topological polar surface area (TPSA) is 78.3 Å². The highest BCUT2D eigenvalue weighted by atomic mass is 16.6. The highest BCUT2D eigenvalue weighted by Gasteiger charge is 2.50. The van der Waals surface area contributed by atoms with Gasteiger partial charge in [0.25, 0.3) is 0 Å². The van der Waals surface area contributed by atoms with Crippen LogP contribution in [0.25, 0.3) is 0 Å². The monoisotopic (exact) mass is 320 g/mol. The van der Waals surface area contributed by atoms with Crippen LogP contribution < -0.4 is 5.32 Å². The summed E-state index contributed by atoms with van der Waals surface area (Å²) < 4.78 is 13.7. The molecule has 1 saturated carbocycles. The van der Waals surface area contributed by atoms with E-state index >= 15 is 0 Å². The van der Waals surface area contributed by atoms with Gasteiger partial charge in [0.1, 0.15) is 18.2 Å². The van der Waals surface area contributed by atoms with Crippen molar-refractivity contribution in [2.24, 2.45) is 11.8 Å². The maximum Gasteiger partial charge on any atom is 0.223 e. The number of amides is 1. The van der Waals surface area contributed by atoms with Crippen LogP contribution in [0.5, 0.6) is 0 Å². The van der Waals surface area contributed by atoms with E-state index in [-0.39, 0.29) is 36.1 Å². The van der Waals surface area contributed by atoms with Crippen molar-refractivity contribution in [3.63, 3.8) is 0 Å². The Balaban J connectivity index is 1.40. The van der Waals surface area contributed by atoms with Crippen LogP contribution >= 0.6 is 0 Å². The zero-order chi connectivity index (χ0) is 16.0. The van der Waals surface area contributed by atoms with Crippen LogP contribution in [0, 0.1) is 11.8 Å². The molecule has 4 rings (SSSR count). The van der Waals surface area contributed by atoms with Gasteiger partial charge in [-0.05, 0) is 25.2 Å². The summed E-state index contributed by atoms with van der Waals surface area (Å²) in [5, 5.41) is 11.6. The lowest BCUT2D eigenvalue weighted by Gasteiger charge is -2.17. The van der Waals surface area contributed by atoms with Crippen molar-refractivity contribution < 1.29 is 14.3 Å². The fourth-order valence-electron chi connectivity index (χ4n) is 3.46. The molecule has 3 fully saturated rings. The lowest BCUT2D eigenvalue weighted by molar-refractivity contribution is -0.123. The Kier molecular flexibility index (Phi) is 3.85. The van der Waals surface area contributed by atoms with E-state index in [2.05, 4.69) is 29.5 Å². The first-order valence-corrected chi connectivity index (χ1v) is 8.56. The Hall–Kier alpha value is -1.47. The summed E-state index contributed by atoms with van der Waals surface area (Å²) in [6.45, 7) is 5.40. The molecule has 7 nitrogen and oxygen atoms in total. The van der Waals surface area contributed by atoms with Crippen LogP contribution in [0.3, 0.4) is 0 Å². The molecule has 2 saturated heterocycles. The average molecular weight is 320 g/mol. The van der Waals surface area contributed by atoms with Gasteiger partial charge >= 0.3 is 0 Å². The van der Waals surface area contributed by atoms with Crippen LogP contribution in [0.15, 0.2) is 6.20 Å². The zero-order valence-corrected chi connectivity index (χ0v) is 13.6. The molecule has 1 N–H and O–H groups in total. The second-order valence-electron chi connectivity index (χ2n) is 7.34. The van der Waals surface area contributed by atoms with E-state index in [1.807, 2.05) is 10.9 Å². The Morgan fingerprint density at radius 2 is 2.13 bits per heavy atom. The van der Waals surface area contributed by atoms with Crippen molar-refractivity contribution in [1.82, 2.24) is 20.3 Å². The minimum Gasteiger partial charge on any atom is -0.371 e. The normalized spacial score (nSPS) is 33.2. The largest absolute Gasteiger partial charge is 0.371 e. The number of nitrogens with one attached hydrogen (secondary N) is 1. The molecule has 0 radical (unpaired) electrons. The molecular weight excluding hydrogens is 296 g/mol. The van der Waals surface area contributed by atoms with E-state index in [0.717, 1.165) is 25.0 Å². The third-order valence-electron chi connectivity index (χ3n) is 4.82. The molecule has 3 heterocycles. The number of rotatable bonds is 5. The molecule has 1 amide bonds. The number of hydrogen-bond donors (Lipinski definition) is 1. The molecule has 1 aromatic rings. The van der Waals surface area contributed by atoms with Crippen molar-refractivity contribution in [2.45, 2.75) is 57.4 Å². The summed E-state index contributed by atoms with van der Waals surface area (Å²) in [5.74, 6) is 0.906. The molecule has 1 aliphatic carbocycles. The molecule has 0 spiro atoms. The maximum absolute atomic E-state index is 12.0. The van der Waals surface area contributed by atoms with Crippen LogP contribution in [0.4, 0.5) is 0 Å². The SMILES string of the molecule is CC(C)Cc1cn(C2COC3C(NC(=O)C4CC4)COC32)nn1. The lowest BCUT2D eigenvalue weighted by atomic mass is 10.1. The Morgan fingerprint density at radius 1 is 1.35 bits per heavy atom. The fraction of sp³-hybridized carbons (Fsp3) is 0.812. The van der Waals surface area contributed by atoms with Crippen LogP contribution in [0.2, 0.25) is 0 Å². The molecule has 4 atom stereocenters. The van der Waals surface area contributed by atoms with Gasteiger partial charge in [0.2, 0.25) is 5.91 Å². The number of fused-ring (bicyclic) bond motifs is 1. The first-order valence-electron chi connectivity index (χ1n) is 8.56. The first kappa shape index (κ1) is 15.1. The van der Waals surface area contributed by atoms with Gasteiger partial charge in [0.15, 0.2) is 0 Å². The quantitative estimate of drug-likeness (QED) is 0.864. The molecule has 1 aromatic heterocycles. The fourth-order valence-corrected chi connectivity index (χ4v) is 3.46. The standard InChI is InChI=1S/C16H24N4O3/c1-9(2)5-11-6-20(19-18-11)13-8-23-14-12(7-22-15(13)14)17-16(21)10-3-4-10/h6,9-10,12-15H,3-5,7-8H2,1-2H3,(H,17,21). The number of carbonyl (C=O) groups is 1. The van der Waals surface area contributed by atoms with E-state index in [9.17, 15) is 4.79 Å². The summed E-state index contributed by atoms with van der Waals surface area (Å²) in [7, 11) is 0. The Bertz CT molecular complexity index is 584. The Morgan fingerprint density at radius 3 is 2.87 bits per heavy atom. The van der Waals surface area contributed by atoms with Crippen LogP contribution in [-0.2, 0) is 20.7 Å². The van der Waals surface area contributed by atoms with Crippen molar-refractivity contribution >= 4 is 5.91 Å². The molecule has 0 aromatic carbocycles. The Labute approximate surface area is 135 Å². The number of aromatic nitrogens is 3. The predicted molar refractivity (Wildman–Crippen MR) is 81.7 cm³/mol. The maximum atomic E-state index is 12.0. The molecule has 7 heteroatoms. The van der Waals surface area contributed by atoms with Gasteiger partial charge in [-0.1, -0.05) is 19.1 Å². The van der Waals surface area contributed by atoms with Gasteiger partial charge in [-0.15, -0.1) is 5.10 Å². The van der Waals surface area contributed by atoms with Gasteiger partial charge in [-0.25, -0.2) is 4.68 Å². The number of nitrogens with zero attached hydrogens (tertiary/aromatic N) is 3. The van der Waals surface area contributed by atoms with Gasteiger partial charge in [-0.3, -0.25) is 4.79 Å². The third kappa shape index (κ3) is 2.99. The summed E-state index contributed by atoms with van der Waals surface area (Å²) >= 11 is 0. The molecule has 126 valence electrons. The second kappa shape index (κ2) is 5.87. The average Bonchev–Trinajstić information content (AvgIpc) is 2.93. The van der Waals surface area contributed by atoms with E-state index < -0.39 is 0 Å². The van der Waals surface area contributed by atoms with Crippen molar-refractivity contribution in [3.8, 4) is 0 Å². The zero-order valence-electron chi connectivity index (χ0n) is 13.6. The van der Waals surface area contributed by atoms with E-state index in [1.54, 1.807) is 0 Å². The minimum absolute atomic E-state index is 0.0382. The number of hydrogen-bond acceptors (Lipinski definition) is 5. The highest BCUT2D eigenvalue weighted by Crippen LogP contribution is 2.35. The van der Waals surface area contributed by atoms with Gasteiger partial charge in [0, 0.05) is 12.1 Å². The second-order valence-corrected chi connectivity index (χ2v) is 7.34. The van der Waals surface area contributed by atoms with Crippen molar-refractivity contribution in [1.29, 1.82) is 0 Å². The molecule has 23 heavy (non-hydrogen) atoms. The van der Waals surface area contributed by atoms with Crippen molar-refractivity contribution in [3.05, 3.63) is 11.9 Å². The van der Waals surface area contributed by atoms with E-state index in [0.29, 0.717) is 19.1 Å². The molecule has 2 aliphatic heterocycles. The smallest absolute Gasteiger partial charge is 0.223 e. The number of carbonyl (C=O) groups excluding carboxylic acids is 1. The molecule has 3 aliphatic rings. The van der Waals surface area contributed by atoms with E-state index in [1.165, 1.54) is 0 Å². The van der Waals surface area contributed by atoms with Gasteiger partial charge in [-0.2, -0.15) is 0 Å². The predicted octanol–water partition coefficient (Wildman–Crippen LogP) is 0.710. The summed E-state index contributed by atoms with van der Waals surface area (Å²) in [4.78, 5) is 12.0.